The maximum absolute atomic E-state index is 11.9. The lowest BCUT2D eigenvalue weighted by Crippen LogP contribution is -2.31. The number of amidine groups is 1. The van der Waals surface area contributed by atoms with E-state index in [0.29, 0.717) is 30.2 Å². The molecule has 1 saturated heterocycles. The molecule has 1 amide bonds. The van der Waals surface area contributed by atoms with Crippen molar-refractivity contribution in [3.63, 3.8) is 0 Å². The molecule has 146 valence electrons. The summed E-state index contributed by atoms with van der Waals surface area (Å²) in [5, 5.41) is 10.2. The summed E-state index contributed by atoms with van der Waals surface area (Å²) in [5.74, 6) is -0.392. The molecule has 0 aliphatic carbocycles. The predicted octanol–water partition coefficient (Wildman–Crippen LogP) is 0.874. The number of carbonyl (C=O) groups is 2. The van der Waals surface area contributed by atoms with Crippen molar-refractivity contribution in [3.05, 3.63) is 42.4 Å². The van der Waals surface area contributed by atoms with E-state index < -0.39 is 5.97 Å². The molecule has 1 fully saturated rings. The number of nitrogen functional groups attached to an aromatic ring is 1. The van der Waals surface area contributed by atoms with Crippen molar-refractivity contribution in [2.75, 3.05) is 13.7 Å². The minimum Gasteiger partial charge on any atom is -0.491 e. The highest BCUT2D eigenvalue weighted by molar-refractivity contribution is 5.92. The molecule has 2 heterocycles. The Hall–Kier alpha value is -3.49. The maximum atomic E-state index is 11.9. The van der Waals surface area contributed by atoms with E-state index in [1.807, 2.05) is 12.1 Å². The van der Waals surface area contributed by atoms with Crippen molar-refractivity contribution < 1.29 is 19.1 Å². The van der Waals surface area contributed by atoms with Crippen LogP contribution in [0.15, 0.2) is 36.7 Å². The third-order valence-corrected chi connectivity index (χ3v) is 4.46. The number of nitrogens with two attached hydrogens (primary N) is 1. The highest BCUT2D eigenvalue weighted by atomic mass is 16.5. The average Bonchev–Trinajstić information content (AvgIpc) is 3.06. The number of rotatable bonds is 7. The Kier molecular flexibility index (Phi) is 5.83. The van der Waals surface area contributed by atoms with Gasteiger partial charge in [0.15, 0.2) is 0 Å². The molecule has 0 bridgehead atoms. The molecule has 4 N–H and O–H groups in total. The molecule has 2 aromatic rings. The van der Waals surface area contributed by atoms with E-state index in [1.54, 1.807) is 18.3 Å². The number of hydrogen-bond donors (Lipinski definition) is 3. The van der Waals surface area contributed by atoms with E-state index in [2.05, 4.69) is 20.0 Å². The Bertz CT molecular complexity index is 867. The quantitative estimate of drug-likeness (QED) is 0.366. The van der Waals surface area contributed by atoms with Crippen LogP contribution < -0.4 is 15.8 Å². The van der Waals surface area contributed by atoms with Gasteiger partial charge in [-0.2, -0.15) is 0 Å². The Morgan fingerprint density at radius 2 is 2.04 bits per heavy atom. The molecule has 28 heavy (non-hydrogen) atoms. The Labute approximate surface area is 161 Å². The first-order chi connectivity index (χ1) is 13.5. The molecule has 0 spiro atoms. The highest BCUT2D eigenvalue weighted by Crippen LogP contribution is 2.23. The minimum absolute atomic E-state index is 0.0803. The van der Waals surface area contributed by atoms with Gasteiger partial charge in [-0.15, -0.1) is 0 Å². The van der Waals surface area contributed by atoms with E-state index in [4.69, 9.17) is 15.9 Å². The van der Waals surface area contributed by atoms with Crippen LogP contribution in [0.5, 0.6) is 5.75 Å². The lowest BCUT2D eigenvalue weighted by Gasteiger charge is -2.12. The van der Waals surface area contributed by atoms with Gasteiger partial charge in [0.05, 0.1) is 43.6 Å². The first-order valence-corrected chi connectivity index (χ1v) is 8.73. The number of hydrogen-bond acceptors (Lipinski definition) is 7. The first kappa shape index (κ1) is 19.3. The summed E-state index contributed by atoms with van der Waals surface area (Å²) in [6, 6.07) is 7.16. The Morgan fingerprint density at radius 1 is 1.29 bits per heavy atom. The zero-order valence-electron chi connectivity index (χ0n) is 15.3. The smallest absolute Gasteiger partial charge is 0.306 e. The van der Waals surface area contributed by atoms with Crippen LogP contribution in [0, 0.1) is 11.3 Å². The SMILES string of the molecule is COC(=O)C[C@H]1C[C@@H](COc2ccc(-c3cnc(C(=N)N)cn3)cc2)NC1=O. The summed E-state index contributed by atoms with van der Waals surface area (Å²) < 4.78 is 10.4. The molecule has 0 radical (unpaired) electrons. The summed E-state index contributed by atoms with van der Waals surface area (Å²) in [7, 11) is 1.31. The molecule has 1 aromatic heterocycles. The zero-order valence-corrected chi connectivity index (χ0v) is 15.3. The Morgan fingerprint density at radius 3 is 2.64 bits per heavy atom. The van der Waals surface area contributed by atoms with Crippen LogP contribution in [0.4, 0.5) is 0 Å². The molecule has 9 heteroatoms. The van der Waals surface area contributed by atoms with Gasteiger partial charge < -0.3 is 20.5 Å². The van der Waals surface area contributed by atoms with Gasteiger partial charge in [0.1, 0.15) is 23.9 Å². The fourth-order valence-corrected chi connectivity index (χ4v) is 2.93. The minimum atomic E-state index is -0.392. The fourth-order valence-electron chi connectivity index (χ4n) is 2.93. The molecule has 2 atom stereocenters. The van der Waals surface area contributed by atoms with Gasteiger partial charge in [-0.1, -0.05) is 0 Å². The number of esters is 1. The largest absolute Gasteiger partial charge is 0.491 e. The van der Waals surface area contributed by atoms with Gasteiger partial charge in [-0.05, 0) is 30.7 Å². The van der Waals surface area contributed by atoms with Crippen molar-refractivity contribution in [1.82, 2.24) is 15.3 Å². The van der Waals surface area contributed by atoms with Gasteiger partial charge in [-0.25, -0.2) is 4.98 Å². The van der Waals surface area contributed by atoms with E-state index in [1.165, 1.54) is 13.3 Å². The van der Waals surface area contributed by atoms with Crippen molar-refractivity contribution >= 4 is 17.7 Å². The van der Waals surface area contributed by atoms with Crippen molar-refractivity contribution in [2.24, 2.45) is 11.7 Å². The number of nitrogens with one attached hydrogen (secondary N) is 2. The van der Waals surface area contributed by atoms with E-state index in [-0.39, 0.29) is 30.1 Å². The van der Waals surface area contributed by atoms with Crippen LogP contribution in [0.3, 0.4) is 0 Å². The van der Waals surface area contributed by atoms with Gasteiger partial charge in [0.25, 0.3) is 0 Å². The first-order valence-electron chi connectivity index (χ1n) is 8.73. The topological polar surface area (TPSA) is 140 Å². The van der Waals surface area contributed by atoms with Crippen molar-refractivity contribution in [1.29, 1.82) is 5.41 Å². The molecule has 3 rings (SSSR count). The van der Waals surface area contributed by atoms with Crippen molar-refractivity contribution in [2.45, 2.75) is 18.9 Å². The van der Waals surface area contributed by atoms with Crippen LogP contribution in [-0.4, -0.2) is 47.4 Å². The normalized spacial score (nSPS) is 18.4. The maximum Gasteiger partial charge on any atom is 0.306 e. The lowest BCUT2D eigenvalue weighted by atomic mass is 10.0. The van der Waals surface area contributed by atoms with Crippen LogP contribution in [0.1, 0.15) is 18.5 Å². The van der Waals surface area contributed by atoms with E-state index in [9.17, 15) is 9.59 Å². The van der Waals surface area contributed by atoms with E-state index >= 15 is 0 Å². The summed E-state index contributed by atoms with van der Waals surface area (Å²) in [4.78, 5) is 31.6. The lowest BCUT2D eigenvalue weighted by molar-refractivity contribution is -0.143. The van der Waals surface area contributed by atoms with Gasteiger partial charge in [0.2, 0.25) is 5.91 Å². The summed E-state index contributed by atoms with van der Waals surface area (Å²) >= 11 is 0. The molecule has 0 unspecified atom stereocenters. The fraction of sp³-hybridized carbons (Fsp3) is 0.316. The number of amides is 1. The standard InChI is InChI=1S/C19H21N5O4/c1-27-17(25)7-12-6-13(24-19(12)26)10-28-14-4-2-11(3-5-14)15-8-23-16(9-22-15)18(20)21/h2-5,8-9,12-13H,6-7,10H2,1H3,(H3,20,21)(H,24,26)/t12-,13+/m1/s1. The third kappa shape index (κ3) is 4.61. The molecule has 1 aliphatic rings. The third-order valence-electron chi connectivity index (χ3n) is 4.46. The Balaban J connectivity index is 1.54. The number of aromatic nitrogens is 2. The monoisotopic (exact) mass is 383 g/mol. The van der Waals surface area contributed by atoms with Crippen LogP contribution in [-0.2, 0) is 14.3 Å². The molecule has 1 aliphatic heterocycles. The summed E-state index contributed by atoms with van der Waals surface area (Å²) in [5.41, 5.74) is 7.20. The molecule has 9 nitrogen and oxygen atoms in total. The second-order valence-corrected chi connectivity index (χ2v) is 6.45. The summed E-state index contributed by atoms with van der Waals surface area (Å²) in [6.45, 7) is 0.315. The predicted molar refractivity (Wildman–Crippen MR) is 101 cm³/mol. The second kappa shape index (κ2) is 8.47. The molecule has 1 aromatic carbocycles. The van der Waals surface area contributed by atoms with E-state index in [0.717, 1.165) is 5.56 Å². The average molecular weight is 383 g/mol. The highest BCUT2D eigenvalue weighted by Gasteiger charge is 2.34. The number of methoxy groups -OCH3 is 1. The van der Waals surface area contributed by atoms with Gasteiger partial charge >= 0.3 is 5.97 Å². The number of nitrogens with zero attached hydrogens (tertiary/aromatic N) is 2. The van der Waals surface area contributed by atoms with Crippen molar-refractivity contribution in [3.8, 4) is 17.0 Å². The molecular formula is C19H21N5O4. The zero-order chi connectivity index (χ0) is 20.1. The van der Waals surface area contributed by atoms with Crippen LogP contribution >= 0.6 is 0 Å². The van der Waals surface area contributed by atoms with Gasteiger partial charge in [0, 0.05) is 5.56 Å². The summed E-state index contributed by atoms with van der Waals surface area (Å²) in [6.07, 6.45) is 3.62. The molecule has 0 saturated carbocycles. The van der Waals surface area contributed by atoms with Crippen LogP contribution in [0.2, 0.25) is 0 Å². The number of benzene rings is 1. The number of ether oxygens (including phenoxy) is 2. The second-order valence-electron chi connectivity index (χ2n) is 6.45. The number of carbonyl (C=O) groups excluding carboxylic acids is 2. The van der Waals surface area contributed by atoms with Gasteiger partial charge in [-0.3, -0.25) is 20.0 Å². The van der Waals surface area contributed by atoms with Crippen LogP contribution in [0.25, 0.3) is 11.3 Å². The molecular weight excluding hydrogens is 362 g/mol.